The zero-order valence-corrected chi connectivity index (χ0v) is 14.9. The normalized spacial score (nSPS) is 13.3. The van der Waals surface area contributed by atoms with Crippen LogP contribution in [0.3, 0.4) is 0 Å². The number of hydrogen-bond donors (Lipinski definition) is 1. The summed E-state index contributed by atoms with van der Waals surface area (Å²) in [7, 11) is 0. The van der Waals surface area contributed by atoms with Crippen molar-refractivity contribution in [2.24, 2.45) is 0 Å². The minimum atomic E-state index is -0.0890. The van der Waals surface area contributed by atoms with Gasteiger partial charge in [0, 0.05) is 24.1 Å². The van der Waals surface area contributed by atoms with Gasteiger partial charge in [0.15, 0.2) is 0 Å². The molecule has 1 amide bonds. The molecule has 0 bridgehead atoms. The van der Waals surface area contributed by atoms with E-state index in [4.69, 9.17) is 11.6 Å². The summed E-state index contributed by atoms with van der Waals surface area (Å²) in [6.07, 6.45) is 5.16. The molecule has 0 saturated carbocycles. The third-order valence-electron chi connectivity index (χ3n) is 4.45. The van der Waals surface area contributed by atoms with Crippen LogP contribution in [0.5, 0.6) is 0 Å². The lowest BCUT2D eigenvalue weighted by atomic mass is 9.97. The molecule has 0 radical (unpaired) electrons. The SMILES string of the molecule is O=C(CCc1cccc(Cl)c1)NCCn1nc2c(cc1=O)CCCC2. The number of halogens is 1. The van der Waals surface area contributed by atoms with Crippen molar-refractivity contribution in [3.8, 4) is 0 Å². The molecule has 1 N–H and O–H groups in total. The fourth-order valence-corrected chi connectivity index (χ4v) is 3.31. The highest BCUT2D eigenvalue weighted by atomic mass is 35.5. The molecular formula is C19H22ClN3O2. The van der Waals surface area contributed by atoms with Crippen molar-refractivity contribution in [1.82, 2.24) is 15.1 Å². The van der Waals surface area contributed by atoms with Gasteiger partial charge in [-0.1, -0.05) is 23.7 Å². The Balaban J connectivity index is 1.48. The monoisotopic (exact) mass is 359 g/mol. The fraction of sp³-hybridized carbons (Fsp3) is 0.421. The van der Waals surface area contributed by atoms with E-state index in [-0.39, 0.29) is 11.5 Å². The van der Waals surface area contributed by atoms with E-state index in [9.17, 15) is 9.59 Å². The van der Waals surface area contributed by atoms with Crippen LogP contribution in [0.1, 0.15) is 36.1 Å². The molecule has 1 heterocycles. The molecule has 1 aliphatic carbocycles. The van der Waals surface area contributed by atoms with Crippen molar-refractivity contribution < 1.29 is 4.79 Å². The maximum Gasteiger partial charge on any atom is 0.267 e. The Morgan fingerprint density at radius 3 is 2.92 bits per heavy atom. The molecule has 0 spiro atoms. The second-order valence-corrected chi connectivity index (χ2v) is 6.80. The third-order valence-corrected chi connectivity index (χ3v) is 4.68. The highest BCUT2D eigenvalue weighted by Crippen LogP contribution is 2.16. The van der Waals surface area contributed by atoms with Crippen LogP contribution in [-0.4, -0.2) is 22.2 Å². The molecule has 0 saturated heterocycles. The number of hydrogen-bond acceptors (Lipinski definition) is 3. The molecule has 5 nitrogen and oxygen atoms in total. The molecule has 0 atom stereocenters. The summed E-state index contributed by atoms with van der Waals surface area (Å²) in [6.45, 7) is 0.801. The Morgan fingerprint density at radius 1 is 1.24 bits per heavy atom. The topological polar surface area (TPSA) is 64.0 Å². The summed E-state index contributed by atoms with van der Waals surface area (Å²) >= 11 is 5.94. The molecule has 3 rings (SSSR count). The van der Waals surface area contributed by atoms with E-state index in [1.54, 1.807) is 6.07 Å². The van der Waals surface area contributed by atoms with E-state index in [2.05, 4.69) is 10.4 Å². The Bertz CT molecular complexity index is 817. The Kier molecular flexibility index (Phi) is 5.87. The zero-order valence-electron chi connectivity index (χ0n) is 14.1. The number of rotatable bonds is 6. The van der Waals surface area contributed by atoms with Gasteiger partial charge in [0.2, 0.25) is 5.91 Å². The predicted octanol–water partition coefficient (Wildman–Crippen LogP) is 2.52. The first-order valence-electron chi connectivity index (χ1n) is 8.73. The number of fused-ring (bicyclic) bond motifs is 1. The summed E-state index contributed by atoms with van der Waals surface area (Å²) in [5, 5.41) is 7.98. The van der Waals surface area contributed by atoms with Gasteiger partial charge in [0.25, 0.3) is 5.56 Å². The highest BCUT2D eigenvalue weighted by molar-refractivity contribution is 6.30. The summed E-state index contributed by atoms with van der Waals surface area (Å²) in [6, 6.07) is 9.21. The van der Waals surface area contributed by atoms with E-state index in [0.717, 1.165) is 42.5 Å². The quantitative estimate of drug-likeness (QED) is 0.862. The van der Waals surface area contributed by atoms with Crippen molar-refractivity contribution in [3.63, 3.8) is 0 Å². The van der Waals surface area contributed by atoms with Crippen molar-refractivity contribution >= 4 is 17.5 Å². The van der Waals surface area contributed by atoms with E-state index < -0.39 is 0 Å². The molecule has 6 heteroatoms. The van der Waals surface area contributed by atoms with E-state index in [1.165, 1.54) is 4.68 Å². The van der Waals surface area contributed by atoms with Crippen LogP contribution < -0.4 is 10.9 Å². The van der Waals surface area contributed by atoms with Gasteiger partial charge >= 0.3 is 0 Å². The van der Waals surface area contributed by atoms with Gasteiger partial charge in [0.05, 0.1) is 12.2 Å². The fourth-order valence-electron chi connectivity index (χ4n) is 3.10. The average molecular weight is 360 g/mol. The van der Waals surface area contributed by atoms with Crippen LogP contribution in [0, 0.1) is 0 Å². The molecule has 25 heavy (non-hydrogen) atoms. The Morgan fingerprint density at radius 2 is 2.08 bits per heavy atom. The number of aromatic nitrogens is 2. The van der Waals surface area contributed by atoms with E-state index in [0.29, 0.717) is 31.0 Å². The molecular weight excluding hydrogens is 338 g/mol. The van der Waals surface area contributed by atoms with Crippen molar-refractivity contribution in [2.75, 3.05) is 6.54 Å². The molecule has 1 aromatic heterocycles. The Labute approximate surface area is 152 Å². The molecule has 0 aliphatic heterocycles. The van der Waals surface area contributed by atoms with E-state index >= 15 is 0 Å². The lowest BCUT2D eigenvalue weighted by Gasteiger charge is -2.16. The van der Waals surface area contributed by atoms with Crippen LogP contribution in [0.4, 0.5) is 0 Å². The second-order valence-electron chi connectivity index (χ2n) is 6.36. The largest absolute Gasteiger partial charge is 0.354 e. The van der Waals surface area contributed by atoms with Crippen LogP contribution in [0.2, 0.25) is 5.02 Å². The van der Waals surface area contributed by atoms with Crippen molar-refractivity contribution in [2.45, 2.75) is 45.1 Å². The number of carbonyl (C=O) groups is 1. The van der Waals surface area contributed by atoms with Gasteiger partial charge in [-0.15, -0.1) is 0 Å². The molecule has 1 aliphatic rings. The molecule has 1 aromatic carbocycles. The molecule has 0 fully saturated rings. The average Bonchev–Trinajstić information content (AvgIpc) is 2.60. The summed E-state index contributed by atoms with van der Waals surface area (Å²) in [5.74, 6) is -0.0361. The molecule has 0 unspecified atom stereocenters. The maximum absolute atomic E-state index is 12.1. The summed E-state index contributed by atoms with van der Waals surface area (Å²) < 4.78 is 1.46. The standard InChI is InChI=1S/C19H22ClN3O2/c20-16-6-3-4-14(12-16)8-9-18(24)21-10-11-23-19(25)13-15-5-1-2-7-17(15)22-23/h3-4,6,12-13H,1-2,5,7-11H2,(H,21,24). The summed E-state index contributed by atoms with van der Waals surface area (Å²) in [5.41, 5.74) is 3.06. The number of benzene rings is 1. The van der Waals surface area contributed by atoms with Gasteiger partial charge in [-0.2, -0.15) is 5.10 Å². The first-order valence-corrected chi connectivity index (χ1v) is 9.11. The minimum Gasteiger partial charge on any atom is -0.354 e. The second kappa shape index (κ2) is 8.30. The van der Waals surface area contributed by atoms with Crippen molar-refractivity contribution in [1.29, 1.82) is 0 Å². The summed E-state index contributed by atoms with van der Waals surface area (Å²) in [4.78, 5) is 24.0. The van der Waals surface area contributed by atoms with Gasteiger partial charge < -0.3 is 5.32 Å². The lowest BCUT2D eigenvalue weighted by molar-refractivity contribution is -0.121. The molecule has 132 valence electrons. The number of amides is 1. The zero-order chi connectivity index (χ0) is 17.6. The number of nitrogens with zero attached hydrogens (tertiary/aromatic N) is 2. The first kappa shape index (κ1) is 17.7. The van der Waals surface area contributed by atoms with Gasteiger partial charge in [0.1, 0.15) is 0 Å². The van der Waals surface area contributed by atoms with E-state index in [1.807, 2.05) is 24.3 Å². The number of aryl methyl sites for hydroxylation is 3. The lowest BCUT2D eigenvalue weighted by Crippen LogP contribution is -2.33. The van der Waals surface area contributed by atoms with Gasteiger partial charge in [-0.3, -0.25) is 9.59 Å². The van der Waals surface area contributed by atoms with Crippen LogP contribution in [0.15, 0.2) is 35.1 Å². The van der Waals surface area contributed by atoms with Crippen molar-refractivity contribution in [3.05, 3.63) is 62.5 Å². The number of carbonyl (C=O) groups excluding carboxylic acids is 1. The van der Waals surface area contributed by atoms with Gasteiger partial charge in [-0.25, -0.2) is 4.68 Å². The third kappa shape index (κ3) is 4.92. The van der Waals surface area contributed by atoms with Gasteiger partial charge in [-0.05, 0) is 55.4 Å². The van der Waals surface area contributed by atoms with Crippen LogP contribution in [-0.2, 0) is 30.6 Å². The first-order chi connectivity index (χ1) is 12.1. The number of nitrogens with one attached hydrogen (secondary N) is 1. The molecule has 2 aromatic rings. The highest BCUT2D eigenvalue weighted by Gasteiger charge is 2.13. The minimum absolute atomic E-state index is 0.0361. The van der Waals surface area contributed by atoms with Crippen LogP contribution in [0.25, 0.3) is 0 Å². The van der Waals surface area contributed by atoms with Crippen LogP contribution >= 0.6 is 11.6 Å². The smallest absolute Gasteiger partial charge is 0.267 e. The maximum atomic E-state index is 12.1. The predicted molar refractivity (Wildman–Crippen MR) is 97.9 cm³/mol. The Hall–Kier alpha value is -2.14.